The van der Waals surface area contributed by atoms with Crippen molar-refractivity contribution in [1.29, 1.82) is 0 Å². The van der Waals surface area contributed by atoms with Crippen molar-refractivity contribution in [2.24, 2.45) is 5.92 Å². The Morgan fingerprint density at radius 2 is 2.00 bits per heavy atom. The van der Waals surface area contributed by atoms with Crippen LogP contribution >= 0.6 is 11.8 Å². The number of thioether (sulfide) groups is 1. The van der Waals surface area contributed by atoms with Crippen LogP contribution in [-0.2, 0) is 0 Å². The van der Waals surface area contributed by atoms with Crippen molar-refractivity contribution in [3.8, 4) is 0 Å². The summed E-state index contributed by atoms with van der Waals surface area (Å²) in [6.45, 7) is 4.25. The van der Waals surface area contributed by atoms with Gasteiger partial charge in [0.25, 0.3) is 0 Å². The van der Waals surface area contributed by atoms with Crippen LogP contribution in [-0.4, -0.2) is 34.4 Å². The molecule has 0 aromatic rings. The minimum absolute atomic E-state index is 0.116. The van der Waals surface area contributed by atoms with E-state index in [0.717, 1.165) is 11.7 Å². The third-order valence-corrected chi connectivity index (χ3v) is 2.51. The van der Waals surface area contributed by atoms with Crippen LogP contribution in [0.2, 0.25) is 0 Å². The quantitative estimate of drug-likeness (QED) is 0.599. The Morgan fingerprint density at radius 3 is 2.45 bits per heavy atom. The van der Waals surface area contributed by atoms with Gasteiger partial charge in [0.1, 0.15) is 0 Å². The summed E-state index contributed by atoms with van der Waals surface area (Å²) in [6.07, 6.45) is 0.648. The summed E-state index contributed by atoms with van der Waals surface area (Å²) in [4.78, 5) is 0. The molecule has 0 rings (SSSR count). The Morgan fingerprint density at radius 1 is 1.36 bits per heavy atom. The van der Waals surface area contributed by atoms with E-state index in [-0.39, 0.29) is 6.61 Å². The lowest BCUT2D eigenvalue weighted by molar-refractivity contribution is 0.113. The van der Waals surface area contributed by atoms with E-state index in [4.69, 9.17) is 10.2 Å². The maximum absolute atomic E-state index is 8.95. The minimum Gasteiger partial charge on any atom is -0.394 e. The molecule has 0 spiro atoms. The molecular weight excluding hydrogens is 160 g/mol. The SMILES string of the molecule is CC(C)CCSCC(O)CO. The maximum Gasteiger partial charge on any atom is 0.0861 e. The van der Waals surface area contributed by atoms with Crippen molar-refractivity contribution < 1.29 is 10.2 Å². The van der Waals surface area contributed by atoms with Crippen molar-refractivity contribution in [2.75, 3.05) is 18.1 Å². The first-order valence-electron chi connectivity index (χ1n) is 4.03. The fourth-order valence-corrected chi connectivity index (χ4v) is 1.77. The number of rotatable bonds is 6. The molecule has 0 aliphatic heterocycles. The van der Waals surface area contributed by atoms with Gasteiger partial charge in [0.05, 0.1) is 12.7 Å². The second kappa shape index (κ2) is 6.95. The Kier molecular flexibility index (Phi) is 7.12. The van der Waals surface area contributed by atoms with Crippen molar-refractivity contribution >= 4 is 11.8 Å². The minimum atomic E-state index is -0.535. The van der Waals surface area contributed by atoms with E-state index in [1.54, 1.807) is 11.8 Å². The van der Waals surface area contributed by atoms with E-state index in [0.29, 0.717) is 5.75 Å². The van der Waals surface area contributed by atoms with Crippen molar-refractivity contribution in [3.63, 3.8) is 0 Å². The van der Waals surface area contributed by atoms with Gasteiger partial charge in [-0.3, -0.25) is 0 Å². The molecule has 0 heterocycles. The molecule has 1 atom stereocenters. The number of hydrogen-bond acceptors (Lipinski definition) is 3. The fourth-order valence-electron chi connectivity index (χ4n) is 0.591. The molecule has 0 saturated carbocycles. The highest BCUT2D eigenvalue weighted by Gasteiger charge is 2.01. The smallest absolute Gasteiger partial charge is 0.0861 e. The zero-order valence-electron chi connectivity index (χ0n) is 7.29. The van der Waals surface area contributed by atoms with Crippen LogP contribution in [0, 0.1) is 5.92 Å². The van der Waals surface area contributed by atoms with Gasteiger partial charge >= 0.3 is 0 Å². The molecule has 2 N–H and O–H groups in total. The van der Waals surface area contributed by atoms with Crippen LogP contribution in [0.1, 0.15) is 20.3 Å². The van der Waals surface area contributed by atoms with Gasteiger partial charge in [-0.1, -0.05) is 13.8 Å². The normalized spacial score (nSPS) is 13.9. The van der Waals surface area contributed by atoms with Gasteiger partial charge in [-0.05, 0) is 18.1 Å². The molecule has 0 aliphatic rings. The zero-order valence-corrected chi connectivity index (χ0v) is 8.10. The van der Waals surface area contributed by atoms with E-state index < -0.39 is 6.10 Å². The standard InChI is InChI=1S/C8H18O2S/c1-7(2)3-4-11-6-8(10)5-9/h7-10H,3-6H2,1-2H3. The van der Waals surface area contributed by atoms with E-state index in [1.165, 1.54) is 6.42 Å². The lowest BCUT2D eigenvalue weighted by atomic mass is 10.2. The Labute approximate surface area is 73.0 Å². The molecule has 0 aromatic carbocycles. The second-order valence-corrected chi connectivity index (χ2v) is 4.24. The van der Waals surface area contributed by atoms with E-state index >= 15 is 0 Å². The first kappa shape index (κ1) is 11.3. The number of hydrogen-bond donors (Lipinski definition) is 2. The number of aliphatic hydroxyl groups excluding tert-OH is 2. The molecule has 0 saturated heterocycles. The highest BCUT2D eigenvalue weighted by Crippen LogP contribution is 2.09. The molecule has 0 aliphatic carbocycles. The largest absolute Gasteiger partial charge is 0.394 e. The van der Waals surface area contributed by atoms with Crippen molar-refractivity contribution in [3.05, 3.63) is 0 Å². The molecular formula is C8H18O2S. The van der Waals surface area contributed by atoms with Gasteiger partial charge in [-0.25, -0.2) is 0 Å². The maximum atomic E-state index is 8.95. The van der Waals surface area contributed by atoms with E-state index in [9.17, 15) is 0 Å². The van der Waals surface area contributed by atoms with Gasteiger partial charge in [0, 0.05) is 5.75 Å². The van der Waals surface area contributed by atoms with Crippen molar-refractivity contribution in [1.82, 2.24) is 0 Å². The fraction of sp³-hybridized carbons (Fsp3) is 1.00. The molecule has 3 heteroatoms. The predicted octanol–water partition coefficient (Wildman–Crippen LogP) is 1.12. The molecule has 68 valence electrons. The Bertz CT molecular complexity index is 86.2. The lowest BCUT2D eigenvalue weighted by Crippen LogP contribution is -2.15. The summed E-state index contributed by atoms with van der Waals surface area (Å²) in [5.74, 6) is 2.46. The first-order valence-corrected chi connectivity index (χ1v) is 5.19. The third kappa shape index (κ3) is 8.17. The molecule has 0 bridgehead atoms. The summed E-state index contributed by atoms with van der Waals surface area (Å²) < 4.78 is 0. The Balaban J connectivity index is 3.01. The van der Waals surface area contributed by atoms with E-state index in [1.807, 2.05) is 0 Å². The summed E-state index contributed by atoms with van der Waals surface area (Å²) in [5, 5.41) is 17.4. The van der Waals surface area contributed by atoms with Crippen LogP contribution in [0.15, 0.2) is 0 Å². The summed E-state index contributed by atoms with van der Waals surface area (Å²) in [6, 6.07) is 0. The van der Waals surface area contributed by atoms with E-state index in [2.05, 4.69) is 13.8 Å². The molecule has 0 radical (unpaired) electrons. The summed E-state index contributed by atoms with van der Waals surface area (Å²) in [7, 11) is 0. The van der Waals surface area contributed by atoms with Crippen LogP contribution in [0.5, 0.6) is 0 Å². The van der Waals surface area contributed by atoms with Gasteiger partial charge in [-0.2, -0.15) is 11.8 Å². The highest BCUT2D eigenvalue weighted by atomic mass is 32.2. The van der Waals surface area contributed by atoms with Gasteiger partial charge in [-0.15, -0.1) is 0 Å². The average Bonchev–Trinajstić information content (AvgIpc) is 1.97. The molecule has 11 heavy (non-hydrogen) atoms. The predicted molar refractivity (Wildman–Crippen MR) is 49.9 cm³/mol. The molecule has 2 nitrogen and oxygen atoms in total. The first-order chi connectivity index (χ1) is 5.16. The molecule has 0 amide bonds. The highest BCUT2D eigenvalue weighted by molar-refractivity contribution is 7.99. The molecule has 0 fully saturated rings. The summed E-state index contributed by atoms with van der Waals surface area (Å²) >= 11 is 1.70. The summed E-state index contributed by atoms with van der Waals surface area (Å²) in [5.41, 5.74) is 0. The van der Waals surface area contributed by atoms with Crippen LogP contribution in [0.3, 0.4) is 0 Å². The molecule has 0 aromatic heterocycles. The topological polar surface area (TPSA) is 40.5 Å². The van der Waals surface area contributed by atoms with Gasteiger partial charge in [0.15, 0.2) is 0 Å². The van der Waals surface area contributed by atoms with Gasteiger partial charge < -0.3 is 10.2 Å². The van der Waals surface area contributed by atoms with Crippen LogP contribution < -0.4 is 0 Å². The average molecular weight is 178 g/mol. The lowest BCUT2D eigenvalue weighted by Gasteiger charge is -2.07. The third-order valence-electron chi connectivity index (χ3n) is 1.36. The Hall–Kier alpha value is 0.270. The zero-order chi connectivity index (χ0) is 8.69. The molecule has 1 unspecified atom stereocenters. The van der Waals surface area contributed by atoms with Crippen molar-refractivity contribution in [2.45, 2.75) is 26.4 Å². The van der Waals surface area contributed by atoms with Gasteiger partial charge in [0.2, 0.25) is 0 Å². The monoisotopic (exact) mass is 178 g/mol. The van der Waals surface area contributed by atoms with Crippen LogP contribution in [0.25, 0.3) is 0 Å². The second-order valence-electron chi connectivity index (χ2n) is 3.09. The van der Waals surface area contributed by atoms with Crippen LogP contribution in [0.4, 0.5) is 0 Å². The number of aliphatic hydroxyl groups is 2.